The normalized spacial score (nSPS) is 14.4. The Morgan fingerprint density at radius 2 is 1.00 bits per heavy atom. The first kappa shape index (κ1) is 29.6. The zero-order valence-electron chi connectivity index (χ0n) is 28.0. The number of fused-ring (bicyclic) bond motifs is 5. The van der Waals surface area contributed by atoms with E-state index in [0.717, 1.165) is 22.5 Å². The highest BCUT2D eigenvalue weighted by atomic mass is 14.7. The summed E-state index contributed by atoms with van der Waals surface area (Å²) >= 11 is 0. The van der Waals surface area contributed by atoms with E-state index in [9.17, 15) is 0 Å². The SMILES string of the molecule is Cc1cc(-c2ccc3c(c2)-c2ccccc2C32CCCCC2)ccc1-c1cccc(-c2cc(-c3ccccc3)cc(-c3ccccc3)n2)c1. The van der Waals surface area contributed by atoms with E-state index in [1.807, 2.05) is 0 Å². The first-order valence-corrected chi connectivity index (χ1v) is 17.8. The lowest BCUT2D eigenvalue weighted by molar-refractivity contribution is 0.353. The third-order valence-corrected chi connectivity index (χ3v) is 11.0. The maximum Gasteiger partial charge on any atom is 0.0715 e. The highest BCUT2D eigenvalue weighted by Gasteiger charge is 2.43. The molecule has 1 spiro atoms. The summed E-state index contributed by atoms with van der Waals surface area (Å²) in [5.41, 5.74) is 19.0. The fourth-order valence-electron chi connectivity index (χ4n) is 8.58. The minimum absolute atomic E-state index is 0.199. The summed E-state index contributed by atoms with van der Waals surface area (Å²) in [6.45, 7) is 2.24. The van der Waals surface area contributed by atoms with Crippen molar-refractivity contribution in [1.29, 1.82) is 0 Å². The van der Waals surface area contributed by atoms with Crippen LogP contribution in [0.1, 0.15) is 48.8 Å². The Hall–Kier alpha value is -5.53. The van der Waals surface area contributed by atoms with Crippen molar-refractivity contribution in [1.82, 2.24) is 4.98 Å². The summed E-state index contributed by atoms with van der Waals surface area (Å²) in [6.07, 6.45) is 6.53. The molecule has 2 aliphatic rings. The predicted molar refractivity (Wildman–Crippen MR) is 205 cm³/mol. The van der Waals surface area contributed by atoms with Gasteiger partial charge in [0.25, 0.3) is 0 Å². The quantitative estimate of drug-likeness (QED) is 0.185. The molecule has 236 valence electrons. The Kier molecular flexibility index (Phi) is 7.35. The van der Waals surface area contributed by atoms with E-state index in [0.29, 0.717) is 0 Å². The molecule has 0 unspecified atom stereocenters. The number of hydrogen-bond acceptors (Lipinski definition) is 1. The van der Waals surface area contributed by atoms with Crippen molar-refractivity contribution in [2.45, 2.75) is 44.4 Å². The molecule has 0 atom stereocenters. The number of aryl methyl sites for hydroxylation is 1. The van der Waals surface area contributed by atoms with E-state index in [4.69, 9.17) is 4.98 Å². The van der Waals surface area contributed by atoms with Gasteiger partial charge in [-0.1, -0.05) is 153 Å². The molecule has 1 fully saturated rings. The molecule has 1 aromatic heterocycles. The number of aromatic nitrogens is 1. The molecule has 6 aromatic carbocycles. The van der Waals surface area contributed by atoms with Crippen molar-refractivity contribution >= 4 is 0 Å². The van der Waals surface area contributed by atoms with Gasteiger partial charge in [-0.25, -0.2) is 4.98 Å². The van der Waals surface area contributed by atoms with E-state index in [2.05, 4.69) is 165 Å². The summed E-state index contributed by atoms with van der Waals surface area (Å²) in [5, 5.41) is 0. The molecule has 1 saturated carbocycles. The highest BCUT2D eigenvalue weighted by Crippen LogP contribution is 2.56. The van der Waals surface area contributed by atoms with Crippen molar-refractivity contribution in [2.24, 2.45) is 0 Å². The molecular weight excluding hydrogens is 591 g/mol. The zero-order chi connectivity index (χ0) is 32.8. The Morgan fingerprint density at radius 3 is 1.78 bits per heavy atom. The molecule has 2 aliphatic carbocycles. The molecule has 1 nitrogen and oxygen atoms in total. The summed E-state index contributed by atoms with van der Waals surface area (Å²) in [4.78, 5) is 5.19. The maximum absolute atomic E-state index is 5.19. The van der Waals surface area contributed by atoms with Crippen LogP contribution in [0.4, 0.5) is 0 Å². The first-order valence-electron chi connectivity index (χ1n) is 17.8. The Bertz CT molecular complexity index is 2250. The predicted octanol–water partition coefficient (Wildman–Crippen LogP) is 13.0. The number of pyridine rings is 1. The lowest BCUT2D eigenvalue weighted by Crippen LogP contribution is -2.27. The summed E-state index contributed by atoms with van der Waals surface area (Å²) in [6, 6.07) is 57.8. The van der Waals surface area contributed by atoms with Crippen LogP contribution in [0.25, 0.3) is 67.0 Å². The van der Waals surface area contributed by atoms with Gasteiger partial charge in [0.2, 0.25) is 0 Å². The van der Waals surface area contributed by atoms with Crippen LogP contribution in [0, 0.1) is 6.92 Å². The summed E-state index contributed by atoms with van der Waals surface area (Å²) < 4.78 is 0. The zero-order valence-corrected chi connectivity index (χ0v) is 28.0. The summed E-state index contributed by atoms with van der Waals surface area (Å²) in [7, 11) is 0. The van der Waals surface area contributed by atoms with Gasteiger partial charge in [0.15, 0.2) is 0 Å². The lowest BCUT2D eigenvalue weighted by Gasteiger charge is -2.36. The average Bonchev–Trinajstić information content (AvgIpc) is 3.43. The topological polar surface area (TPSA) is 12.9 Å². The molecule has 1 heterocycles. The van der Waals surface area contributed by atoms with Crippen LogP contribution < -0.4 is 0 Å². The van der Waals surface area contributed by atoms with Crippen molar-refractivity contribution in [2.75, 3.05) is 0 Å². The molecular formula is C48H39N. The van der Waals surface area contributed by atoms with Gasteiger partial charge in [0, 0.05) is 16.5 Å². The molecule has 0 amide bonds. The van der Waals surface area contributed by atoms with Crippen LogP contribution in [-0.4, -0.2) is 4.98 Å². The second-order valence-electron chi connectivity index (χ2n) is 13.9. The van der Waals surface area contributed by atoms with Crippen molar-refractivity contribution < 1.29 is 0 Å². The minimum atomic E-state index is 0.199. The second kappa shape index (κ2) is 12.2. The van der Waals surface area contributed by atoms with Crippen LogP contribution in [0.5, 0.6) is 0 Å². The Morgan fingerprint density at radius 1 is 0.388 bits per heavy atom. The minimum Gasteiger partial charge on any atom is -0.248 e. The molecule has 7 aromatic rings. The van der Waals surface area contributed by atoms with Crippen LogP contribution >= 0.6 is 0 Å². The summed E-state index contributed by atoms with van der Waals surface area (Å²) in [5.74, 6) is 0. The van der Waals surface area contributed by atoms with Gasteiger partial charge in [-0.2, -0.15) is 0 Å². The Balaban J connectivity index is 1.08. The molecule has 0 aliphatic heterocycles. The van der Waals surface area contributed by atoms with Crippen LogP contribution in [-0.2, 0) is 5.41 Å². The van der Waals surface area contributed by atoms with Crippen LogP contribution in [0.15, 0.2) is 158 Å². The van der Waals surface area contributed by atoms with Gasteiger partial charge in [-0.05, 0) is 105 Å². The molecule has 0 saturated heterocycles. The largest absolute Gasteiger partial charge is 0.248 e. The number of rotatable bonds is 5. The van der Waals surface area contributed by atoms with Crippen molar-refractivity contribution in [3.8, 4) is 67.0 Å². The van der Waals surface area contributed by atoms with Gasteiger partial charge >= 0.3 is 0 Å². The first-order chi connectivity index (χ1) is 24.2. The molecule has 0 bridgehead atoms. The van der Waals surface area contributed by atoms with Crippen molar-refractivity contribution in [3.63, 3.8) is 0 Å². The standard InChI is InChI=1S/C48H39N/c1-33-28-36(37-23-25-45-43(30-37)42-20-9-10-21-44(42)48(45)26-11-4-12-27-48)22-24-41(33)38-18-13-19-39(29-38)47-32-40(34-14-5-2-6-15-34)31-46(49-47)35-16-7-3-8-17-35/h2-3,5-10,13-25,28-32H,4,11-12,26-27H2,1H3. The van der Waals surface area contributed by atoms with Gasteiger partial charge in [0.05, 0.1) is 11.4 Å². The van der Waals surface area contributed by atoms with E-state index in [-0.39, 0.29) is 5.41 Å². The van der Waals surface area contributed by atoms with E-state index >= 15 is 0 Å². The van der Waals surface area contributed by atoms with Gasteiger partial charge < -0.3 is 0 Å². The van der Waals surface area contributed by atoms with Gasteiger partial charge in [-0.3, -0.25) is 0 Å². The molecule has 49 heavy (non-hydrogen) atoms. The second-order valence-corrected chi connectivity index (χ2v) is 13.9. The molecule has 9 rings (SSSR count). The fraction of sp³-hybridized carbons (Fsp3) is 0.146. The molecule has 0 radical (unpaired) electrons. The highest BCUT2D eigenvalue weighted by molar-refractivity contribution is 5.86. The molecule has 0 N–H and O–H groups in total. The average molecular weight is 630 g/mol. The van der Waals surface area contributed by atoms with E-state index in [1.54, 1.807) is 11.1 Å². The van der Waals surface area contributed by atoms with E-state index < -0.39 is 0 Å². The fourth-order valence-corrected chi connectivity index (χ4v) is 8.58. The number of nitrogens with zero attached hydrogens (tertiary/aromatic N) is 1. The number of hydrogen-bond donors (Lipinski definition) is 0. The third kappa shape index (κ3) is 5.22. The van der Waals surface area contributed by atoms with Crippen molar-refractivity contribution in [3.05, 3.63) is 174 Å². The lowest BCUT2D eigenvalue weighted by atomic mass is 9.68. The monoisotopic (exact) mass is 629 g/mol. The van der Waals surface area contributed by atoms with Gasteiger partial charge in [0.1, 0.15) is 0 Å². The Labute approximate surface area is 290 Å². The molecule has 1 heteroatoms. The van der Waals surface area contributed by atoms with Crippen LogP contribution in [0.3, 0.4) is 0 Å². The van der Waals surface area contributed by atoms with E-state index in [1.165, 1.54) is 82.2 Å². The van der Waals surface area contributed by atoms with Crippen LogP contribution in [0.2, 0.25) is 0 Å². The smallest absolute Gasteiger partial charge is 0.0715 e. The third-order valence-electron chi connectivity index (χ3n) is 11.0. The van der Waals surface area contributed by atoms with Gasteiger partial charge in [-0.15, -0.1) is 0 Å². The number of benzene rings is 6. The maximum atomic E-state index is 5.19.